The van der Waals surface area contributed by atoms with E-state index in [1.165, 1.54) is 13.2 Å². The number of aromatic nitrogens is 2. The highest BCUT2D eigenvalue weighted by molar-refractivity contribution is 5.77. The summed E-state index contributed by atoms with van der Waals surface area (Å²) in [5, 5.41) is 7.11. The number of nitrogens with one attached hydrogen (secondary N) is 1. The topological polar surface area (TPSA) is 58.2 Å². The SMILES string of the molecule is COCC(=O)N1CCC[C@H](c2[nH]ncc2-c2ccccc2F)C1. The third kappa shape index (κ3) is 3.27. The Labute approximate surface area is 134 Å². The van der Waals surface area contributed by atoms with Gasteiger partial charge in [0.2, 0.25) is 5.91 Å². The molecular weight excluding hydrogens is 297 g/mol. The summed E-state index contributed by atoms with van der Waals surface area (Å²) in [6.45, 7) is 1.43. The van der Waals surface area contributed by atoms with E-state index in [1.54, 1.807) is 18.3 Å². The minimum Gasteiger partial charge on any atom is -0.375 e. The van der Waals surface area contributed by atoms with Crippen molar-refractivity contribution in [2.24, 2.45) is 0 Å². The van der Waals surface area contributed by atoms with Crippen LogP contribution in [0.5, 0.6) is 0 Å². The van der Waals surface area contributed by atoms with Crippen molar-refractivity contribution in [3.8, 4) is 11.1 Å². The average molecular weight is 317 g/mol. The Kier molecular flexibility index (Phi) is 4.71. The third-order valence-corrected chi connectivity index (χ3v) is 4.28. The standard InChI is InChI=1S/C17H20FN3O2/c1-23-11-16(22)21-8-4-5-12(10-21)17-14(9-19-20-17)13-6-2-3-7-15(13)18/h2-3,6-7,9,12H,4-5,8,10-11H2,1H3,(H,19,20)/t12-/m0/s1. The average Bonchev–Trinajstić information content (AvgIpc) is 3.05. The second kappa shape index (κ2) is 6.91. The zero-order chi connectivity index (χ0) is 16.2. The van der Waals surface area contributed by atoms with Crippen molar-refractivity contribution in [3.63, 3.8) is 0 Å². The van der Waals surface area contributed by atoms with Crippen LogP contribution < -0.4 is 0 Å². The summed E-state index contributed by atoms with van der Waals surface area (Å²) in [5.41, 5.74) is 2.20. The summed E-state index contributed by atoms with van der Waals surface area (Å²) in [7, 11) is 1.52. The third-order valence-electron chi connectivity index (χ3n) is 4.28. The number of halogens is 1. The molecule has 0 bridgehead atoms. The van der Waals surface area contributed by atoms with E-state index >= 15 is 0 Å². The Bertz CT molecular complexity index is 686. The van der Waals surface area contributed by atoms with Crippen LogP contribution in [0.4, 0.5) is 4.39 Å². The van der Waals surface area contributed by atoms with Gasteiger partial charge in [0.15, 0.2) is 0 Å². The molecule has 23 heavy (non-hydrogen) atoms. The van der Waals surface area contributed by atoms with Gasteiger partial charge in [-0.15, -0.1) is 0 Å². The van der Waals surface area contributed by atoms with Crippen LogP contribution >= 0.6 is 0 Å². The van der Waals surface area contributed by atoms with Crippen LogP contribution in [0.2, 0.25) is 0 Å². The predicted molar refractivity (Wildman–Crippen MR) is 84.4 cm³/mol. The van der Waals surface area contributed by atoms with Crippen molar-refractivity contribution in [2.45, 2.75) is 18.8 Å². The van der Waals surface area contributed by atoms with Crippen LogP contribution in [-0.4, -0.2) is 47.8 Å². The summed E-state index contributed by atoms with van der Waals surface area (Å²) in [6, 6.07) is 6.68. The number of hydrogen-bond donors (Lipinski definition) is 1. The quantitative estimate of drug-likeness (QED) is 0.943. The highest BCUT2D eigenvalue weighted by atomic mass is 19.1. The van der Waals surface area contributed by atoms with Gasteiger partial charge in [-0.2, -0.15) is 5.10 Å². The van der Waals surface area contributed by atoms with Crippen LogP contribution in [0.1, 0.15) is 24.5 Å². The summed E-state index contributed by atoms with van der Waals surface area (Å²) in [6.07, 6.45) is 3.51. The first-order valence-electron chi connectivity index (χ1n) is 7.75. The molecule has 1 atom stereocenters. The molecule has 3 rings (SSSR count). The predicted octanol–water partition coefficient (Wildman–Crippen LogP) is 2.57. The fraction of sp³-hybridized carbons (Fsp3) is 0.412. The molecule has 0 spiro atoms. The lowest BCUT2D eigenvalue weighted by atomic mass is 9.90. The minimum atomic E-state index is -0.265. The number of H-pyrrole nitrogens is 1. The Morgan fingerprint density at radius 1 is 1.43 bits per heavy atom. The fourth-order valence-electron chi connectivity index (χ4n) is 3.16. The molecule has 1 aliphatic rings. The molecule has 5 nitrogen and oxygen atoms in total. The van der Waals surface area contributed by atoms with Gasteiger partial charge in [-0.1, -0.05) is 18.2 Å². The summed E-state index contributed by atoms with van der Waals surface area (Å²) < 4.78 is 19.0. The van der Waals surface area contributed by atoms with Crippen LogP contribution in [0, 0.1) is 5.82 Å². The Hall–Kier alpha value is -2.21. The van der Waals surface area contributed by atoms with Gasteiger partial charge in [-0.3, -0.25) is 9.89 Å². The normalized spacial score (nSPS) is 18.2. The first-order valence-corrected chi connectivity index (χ1v) is 7.75. The van der Waals surface area contributed by atoms with E-state index in [0.717, 1.165) is 30.6 Å². The van der Waals surface area contributed by atoms with Gasteiger partial charge >= 0.3 is 0 Å². The zero-order valence-electron chi connectivity index (χ0n) is 13.1. The summed E-state index contributed by atoms with van der Waals surface area (Å²) in [5.74, 6) is -0.149. The second-order valence-electron chi connectivity index (χ2n) is 5.79. The Balaban J connectivity index is 1.84. The van der Waals surface area contributed by atoms with Crippen LogP contribution in [0.15, 0.2) is 30.5 Å². The molecule has 122 valence electrons. The van der Waals surface area contributed by atoms with Crippen molar-refractivity contribution >= 4 is 5.91 Å². The Morgan fingerprint density at radius 3 is 3.04 bits per heavy atom. The van der Waals surface area contributed by atoms with E-state index in [1.807, 2.05) is 11.0 Å². The van der Waals surface area contributed by atoms with Crippen LogP contribution in [0.25, 0.3) is 11.1 Å². The molecule has 1 amide bonds. The van der Waals surface area contributed by atoms with Crippen molar-refractivity contribution in [1.82, 2.24) is 15.1 Å². The van der Waals surface area contributed by atoms with Gasteiger partial charge in [0.1, 0.15) is 12.4 Å². The molecule has 0 unspecified atom stereocenters. The molecule has 0 saturated carbocycles. The fourth-order valence-corrected chi connectivity index (χ4v) is 3.16. The molecule has 2 heterocycles. The molecule has 1 fully saturated rings. The minimum absolute atomic E-state index is 0.0100. The maximum atomic E-state index is 14.1. The van der Waals surface area contributed by atoms with E-state index in [0.29, 0.717) is 12.1 Å². The molecule has 1 aromatic heterocycles. The van der Waals surface area contributed by atoms with Gasteiger partial charge in [-0.05, 0) is 18.9 Å². The number of ether oxygens (including phenoxy) is 1. The van der Waals surface area contributed by atoms with Gasteiger partial charge in [0, 0.05) is 42.9 Å². The van der Waals surface area contributed by atoms with Gasteiger partial charge < -0.3 is 9.64 Å². The molecule has 6 heteroatoms. The lowest BCUT2D eigenvalue weighted by Crippen LogP contribution is -2.41. The van der Waals surface area contributed by atoms with Crippen LogP contribution in [0.3, 0.4) is 0 Å². The largest absolute Gasteiger partial charge is 0.375 e. The maximum Gasteiger partial charge on any atom is 0.248 e. The number of amides is 1. The Morgan fingerprint density at radius 2 is 2.26 bits per heavy atom. The van der Waals surface area contributed by atoms with Crippen molar-refractivity contribution in [3.05, 3.63) is 42.0 Å². The monoisotopic (exact) mass is 317 g/mol. The molecule has 1 N–H and O–H groups in total. The number of methoxy groups -OCH3 is 1. The number of rotatable bonds is 4. The van der Waals surface area contributed by atoms with Crippen molar-refractivity contribution < 1.29 is 13.9 Å². The van der Waals surface area contributed by atoms with Crippen molar-refractivity contribution in [2.75, 3.05) is 26.8 Å². The molecule has 1 aliphatic heterocycles. The molecule has 1 saturated heterocycles. The molecule has 0 aliphatic carbocycles. The van der Waals surface area contributed by atoms with E-state index in [9.17, 15) is 9.18 Å². The van der Waals surface area contributed by atoms with Gasteiger partial charge in [0.25, 0.3) is 0 Å². The number of carbonyl (C=O) groups excluding carboxylic acids is 1. The first kappa shape index (κ1) is 15.7. The number of benzene rings is 1. The first-order chi connectivity index (χ1) is 11.2. The zero-order valence-corrected chi connectivity index (χ0v) is 13.1. The van der Waals surface area contributed by atoms with E-state index in [4.69, 9.17) is 4.74 Å². The van der Waals surface area contributed by atoms with E-state index < -0.39 is 0 Å². The lowest BCUT2D eigenvalue weighted by Gasteiger charge is -2.32. The number of hydrogen-bond acceptors (Lipinski definition) is 3. The number of likely N-dealkylation sites (tertiary alicyclic amines) is 1. The lowest BCUT2D eigenvalue weighted by molar-refractivity contribution is -0.136. The van der Waals surface area contributed by atoms with Crippen LogP contribution in [-0.2, 0) is 9.53 Å². The van der Waals surface area contributed by atoms with Crippen molar-refractivity contribution in [1.29, 1.82) is 0 Å². The summed E-state index contributed by atoms with van der Waals surface area (Å²) >= 11 is 0. The van der Waals surface area contributed by atoms with E-state index in [-0.39, 0.29) is 24.2 Å². The molecule has 2 aromatic rings. The highest BCUT2D eigenvalue weighted by Gasteiger charge is 2.28. The number of nitrogens with zero attached hydrogens (tertiary/aromatic N) is 2. The molecular formula is C17H20FN3O2. The second-order valence-corrected chi connectivity index (χ2v) is 5.79. The van der Waals surface area contributed by atoms with Gasteiger partial charge in [0.05, 0.1) is 6.20 Å². The highest BCUT2D eigenvalue weighted by Crippen LogP contribution is 2.34. The smallest absolute Gasteiger partial charge is 0.248 e. The number of aromatic amines is 1. The number of piperidine rings is 1. The maximum absolute atomic E-state index is 14.1. The van der Waals surface area contributed by atoms with Gasteiger partial charge in [-0.25, -0.2) is 4.39 Å². The molecule has 1 aromatic carbocycles. The van der Waals surface area contributed by atoms with E-state index in [2.05, 4.69) is 10.2 Å². The molecule has 0 radical (unpaired) electrons. The number of carbonyl (C=O) groups is 1. The summed E-state index contributed by atoms with van der Waals surface area (Å²) in [4.78, 5) is 13.8.